The molecule has 0 N–H and O–H groups in total. The summed E-state index contributed by atoms with van der Waals surface area (Å²) in [5.74, 6) is 0.854. The van der Waals surface area contributed by atoms with Gasteiger partial charge in [-0.05, 0) is 63.3 Å². The maximum atomic E-state index is 3.90. The van der Waals surface area contributed by atoms with E-state index in [1.165, 1.54) is 39.0 Å². The summed E-state index contributed by atoms with van der Waals surface area (Å²) in [4.78, 5) is 0. The van der Waals surface area contributed by atoms with Crippen molar-refractivity contribution in [3.63, 3.8) is 0 Å². The van der Waals surface area contributed by atoms with Crippen LogP contribution in [0.1, 0.15) is 75.1 Å². The molecule has 2 aromatic rings. The lowest BCUT2D eigenvalue weighted by Gasteiger charge is -2.27. The zero-order chi connectivity index (χ0) is 17.8. The van der Waals surface area contributed by atoms with Gasteiger partial charge in [0.05, 0.1) is 0 Å². The molecule has 4 rings (SSSR count). The molecule has 1 atom stereocenters. The normalized spacial score (nSPS) is 18.5. The summed E-state index contributed by atoms with van der Waals surface area (Å²) >= 11 is 0. The monoisotopic (exact) mass is 327 g/mol. The van der Waals surface area contributed by atoms with Crippen molar-refractivity contribution in [2.45, 2.75) is 58.3 Å². The maximum absolute atomic E-state index is 3.90. The Kier molecular flexibility index (Phi) is 3.76. The van der Waals surface area contributed by atoms with Gasteiger partial charge < -0.3 is 0 Å². The van der Waals surface area contributed by atoms with Crippen LogP contribution < -0.4 is 0 Å². The lowest BCUT2D eigenvalue weighted by Crippen LogP contribution is -2.16. The molecule has 0 amide bonds. The van der Waals surface area contributed by atoms with Crippen LogP contribution in [0, 0.1) is 6.07 Å². The molecule has 127 valence electrons. The van der Waals surface area contributed by atoms with Crippen molar-refractivity contribution in [2.75, 3.05) is 0 Å². The fourth-order valence-electron chi connectivity index (χ4n) is 4.32. The highest BCUT2D eigenvalue weighted by atomic mass is 14.4. The van der Waals surface area contributed by atoms with E-state index < -0.39 is 0 Å². The average Bonchev–Trinajstić information content (AvgIpc) is 3.17. The van der Waals surface area contributed by atoms with E-state index in [1.54, 1.807) is 0 Å². The minimum absolute atomic E-state index is 0.131. The maximum Gasteiger partial charge on any atom is 0.0323 e. The first kappa shape index (κ1) is 16.4. The molecule has 0 saturated heterocycles. The molecule has 0 bridgehead atoms. The Bertz CT molecular complexity index is 885. The van der Waals surface area contributed by atoms with Crippen molar-refractivity contribution >= 4 is 0 Å². The second kappa shape index (κ2) is 5.73. The van der Waals surface area contributed by atoms with E-state index >= 15 is 0 Å². The number of hydrogen-bond donors (Lipinski definition) is 0. The molecule has 25 heavy (non-hydrogen) atoms. The zero-order valence-electron chi connectivity index (χ0n) is 16.0. The van der Waals surface area contributed by atoms with Crippen molar-refractivity contribution in [1.29, 1.82) is 0 Å². The van der Waals surface area contributed by atoms with Crippen LogP contribution in [0.3, 0.4) is 0 Å². The summed E-state index contributed by atoms with van der Waals surface area (Å²) in [7, 11) is 0. The van der Waals surface area contributed by atoms with Crippen LogP contribution in [0.25, 0.3) is 11.1 Å². The van der Waals surface area contributed by atoms with Crippen molar-refractivity contribution in [1.82, 2.24) is 0 Å². The topological polar surface area (TPSA) is 0 Å². The third-order valence-electron chi connectivity index (χ3n) is 5.55. The Morgan fingerprint density at radius 2 is 1.84 bits per heavy atom. The molecule has 0 saturated carbocycles. The third kappa shape index (κ3) is 2.59. The van der Waals surface area contributed by atoms with Gasteiger partial charge in [0, 0.05) is 5.92 Å². The quantitative estimate of drug-likeness (QED) is 0.562. The van der Waals surface area contributed by atoms with Gasteiger partial charge in [0.15, 0.2) is 0 Å². The summed E-state index contributed by atoms with van der Waals surface area (Å²) in [6, 6.07) is 15.3. The highest BCUT2D eigenvalue weighted by Crippen LogP contribution is 2.51. The predicted octanol–water partition coefficient (Wildman–Crippen LogP) is 6.91. The first-order valence-corrected chi connectivity index (χ1v) is 9.43. The van der Waals surface area contributed by atoms with Crippen molar-refractivity contribution < 1.29 is 0 Å². The van der Waals surface area contributed by atoms with Crippen molar-refractivity contribution in [3.8, 4) is 11.1 Å². The number of hydrogen-bond acceptors (Lipinski definition) is 0. The molecule has 0 spiro atoms. The Morgan fingerprint density at radius 3 is 2.48 bits per heavy atom. The highest BCUT2D eigenvalue weighted by Gasteiger charge is 2.34. The molecular weight excluding hydrogens is 300 g/mol. The molecule has 0 heterocycles. The number of allylic oxidation sites excluding steroid dienone is 4. The minimum atomic E-state index is 0.131. The summed E-state index contributed by atoms with van der Waals surface area (Å²) < 4.78 is 0. The fraction of sp³-hybridized carbons (Fsp3) is 0.360. The van der Waals surface area contributed by atoms with Crippen LogP contribution in [0.5, 0.6) is 0 Å². The van der Waals surface area contributed by atoms with Crippen LogP contribution in [0.4, 0.5) is 0 Å². The van der Waals surface area contributed by atoms with E-state index in [0.717, 1.165) is 6.42 Å². The van der Waals surface area contributed by atoms with Crippen molar-refractivity contribution in [3.05, 3.63) is 82.5 Å². The molecule has 2 aliphatic rings. The first-order chi connectivity index (χ1) is 11.9. The molecule has 1 radical (unpaired) electrons. The largest absolute Gasteiger partial charge is 0.0804 e. The fourth-order valence-corrected chi connectivity index (χ4v) is 4.32. The van der Waals surface area contributed by atoms with Gasteiger partial charge in [0.25, 0.3) is 0 Å². The Morgan fingerprint density at radius 1 is 1.08 bits per heavy atom. The molecular formula is C25H27. The molecule has 0 fully saturated rings. The second-order valence-electron chi connectivity index (χ2n) is 8.72. The zero-order valence-corrected chi connectivity index (χ0v) is 16.0. The lowest BCUT2D eigenvalue weighted by molar-refractivity contribution is 0.576. The molecule has 1 unspecified atom stereocenters. The van der Waals surface area contributed by atoms with Crippen molar-refractivity contribution in [2.24, 2.45) is 0 Å². The van der Waals surface area contributed by atoms with Gasteiger partial charge in [0.2, 0.25) is 0 Å². The Balaban J connectivity index is 1.99. The van der Waals surface area contributed by atoms with Gasteiger partial charge in [0.1, 0.15) is 0 Å². The van der Waals surface area contributed by atoms with Crippen LogP contribution in [-0.2, 0) is 5.41 Å². The lowest BCUT2D eigenvalue weighted by atomic mass is 9.77. The molecule has 0 heteroatoms. The second-order valence-corrected chi connectivity index (χ2v) is 8.72. The molecule has 0 aliphatic heterocycles. The van der Waals surface area contributed by atoms with E-state index in [-0.39, 0.29) is 5.41 Å². The predicted molar refractivity (Wildman–Crippen MR) is 107 cm³/mol. The van der Waals surface area contributed by atoms with Gasteiger partial charge >= 0.3 is 0 Å². The van der Waals surface area contributed by atoms with Crippen LogP contribution in [0.2, 0.25) is 0 Å². The van der Waals surface area contributed by atoms with E-state index in [9.17, 15) is 0 Å². The summed E-state index contributed by atoms with van der Waals surface area (Å²) in [6.07, 6.45) is 7.83. The molecule has 0 nitrogen and oxygen atoms in total. The van der Waals surface area contributed by atoms with Gasteiger partial charge in [-0.2, -0.15) is 0 Å². The van der Waals surface area contributed by atoms with Crippen LogP contribution in [-0.4, -0.2) is 0 Å². The Hall–Kier alpha value is -2.08. The highest BCUT2D eigenvalue weighted by molar-refractivity contribution is 5.81. The Labute approximate surface area is 152 Å². The smallest absolute Gasteiger partial charge is 0.0323 e. The number of fused-ring (bicyclic) bond motifs is 3. The van der Waals surface area contributed by atoms with Gasteiger partial charge in [-0.25, -0.2) is 0 Å². The number of benzene rings is 2. The van der Waals surface area contributed by atoms with Gasteiger partial charge in [-0.15, -0.1) is 0 Å². The SMILES string of the molecule is CC(C)c1[c]c2c(cc1C(C)(C)C)-c1ccccc1C2C1=CC=CC1. The third-order valence-corrected chi connectivity index (χ3v) is 5.55. The minimum Gasteiger partial charge on any atom is -0.0804 e. The standard InChI is InChI=1S/C25H27/c1-16(2)20-14-22-21(15-23(20)25(3,4)5)18-12-8-9-13-19(18)24(22)17-10-6-7-11-17/h6-10,12-13,15-16,24H,11H2,1-5H3. The molecule has 2 aromatic carbocycles. The van der Waals surface area contributed by atoms with Crippen LogP contribution >= 0.6 is 0 Å². The van der Waals surface area contributed by atoms with Crippen LogP contribution in [0.15, 0.2) is 54.1 Å². The molecule has 2 aliphatic carbocycles. The van der Waals surface area contributed by atoms with Gasteiger partial charge in [-0.1, -0.05) is 82.7 Å². The van der Waals surface area contributed by atoms with E-state index in [4.69, 9.17) is 0 Å². The summed E-state index contributed by atoms with van der Waals surface area (Å²) in [6.45, 7) is 11.5. The summed E-state index contributed by atoms with van der Waals surface area (Å²) in [5.41, 5.74) is 10.1. The van der Waals surface area contributed by atoms with Gasteiger partial charge in [-0.3, -0.25) is 0 Å². The van der Waals surface area contributed by atoms with E-state index in [1.807, 2.05) is 0 Å². The summed E-state index contributed by atoms with van der Waals surface area (Å²) in [5, 5.41) is 0. The van der Waals surface area contributed by atoms with E-state index in [2.05, 4.69) is 89.2 Å². The number of rotatable bonds is 2. The van der Waals surface area contributed by atoms with E-state index in [0.29, 0.717) is 11.8 Å². The molecule has 0 aromatic heterocycles. The average molecular weight is 327 g/mol. The first-order valence-electron chi connectivity index (χ1n) is 9.43.